The van der Waals surface area contributed by atoms with Crippen molar-refractivity contribution in [3.8, 4) is 0 Å². The summed E-state index contributed by atoms with van der Waals surface area (Å²) in [5.74, 6) is -9.36. The third-order valence-electron chi connectivity index (χ3n) is 15.9. The fraction of sp³-hybridized carbons (Fsp3) is 0.754. The molecule has 74 heavy (non-hydrogen) atoms. The zero-order valence-corrected chi connectivity index (χ0v) is 45.3. The van der Waals surface area contributed by atoms with Gasteiger partial charge in [-0.1, -0.05) is 78.5 Å². The van der Waals surface area contributed by atoms with Crippen LogP contribution in [0.25, 0.3) is 0 Å². The summed E-state index contributed by atoms with van der Waals surface area (Å²) in [4.78, 5) is 85.4. The average molecular weight is 1050 g/mol. The maximum absolute atomic E-state index is 14.5. The summed E-state index contributed by atoms with van der Waals surface area (Å²) in [6.45, 7) is 12.7. The van der Waals surface area contributed by atoms with Gasteiger partial charge >= 0.3 is 11.9 Å². The van der Waals surface area contributed by atoms with Gasteiger partial charge in [0.1, 0.15) is 41.7 Å². The number of allylic oxidation sites excluding steroid dienone is 6. The van der Waals surface area contributed by atoms with E-state index in [4.69, 9.17) is 28.4 Å². The number of esters is 2. The Kier molecular flexibility index (Phi) is 25.7. The van der Waals surface area contributed by atoms with E-state index in [0.717, 1.165) is 10.5 Å². The lowest BCUT2D eigenvalue weighted by Crippen LogP contribution is -2.61. The second kappa shape index (κ2) is 29.5. The van der Waals surface area contributed by atoms with E-state index in [1.54, 1.807) is 40.9 Å². The van der Waals surface area contributed by atoms with Gasteiger partial charge < -0.3 is 53.7 Å². The predicted molar refractivity (Wildman–Crippen MR) is 278 cm³/mol. The van der Waals surface area contributed by atoms with Crippen LogP contribution in [-0.4, -0.2) is 156 Å². The lowest BCUT2D eigenvalue weighted by molar-refractivity contribution is -0.265. The molecule has 1 saturated carbocycles. The number of hydrogen-bond acceptors (Lipinski definition) is 16. The molecular formula is C57H91NO16. The van der Waals surface area contributed by atoms with E-state index >= 15 is 0 Å². The fourth-order valence-corrected chi connectivity index (χ4v) is 10.7. The number of cyclic esters (lactones) is 1. The number of nitrogens with zero attached hydrogens (tertiary/aromatic N) is 1. The van der Waals surface area contributed by atoms with Gasteiger partial charge in [0.05, 0.1) is 31.5 Å². The molecule has 3 aliphatic heterocycles. The Hall–Kier alpha value is -3.94. The summed E-state index contributed by atoms with van der Waals surface area (Å²) < 4.78 is 35.4. The van der Waals surface area contributed by atoms with Crippen LogP contribution in [0.2, 0.25) is 0 Å². The van der Waals surface area contributed by atoms with Crippen LogP contribution in [0, 0.1) is 40.9 Å². The van der Waals surface area contributed by atoms with Crippen LogP contribution in [0.3, 0.4) is 0 Å². The Labute approximate surface area is 440 Å². The standard InChI is InChI=1S/C56H87NO16.CH4/c1-33-17-13-12-14-18-34(2)45(68-9)29-41-22-20-39(7)56(67,73-41)51(63)52(64)57-24-16-15-19-42(57)53(65)71-46(30-43(60)35(3)26-38(6)49(62)50(70-11)48(61)37(5)25-33)36(4)27-40-21-23-44(47(28-40)69-10)72-54(66)55(8,31-58)32-59;/h12-14,17-18,26,33,35-37,39-42,44-47,49-50,58-59,62,67H,15-16,19-25,27-32H2,1-11H3;1H4/b14-12+,17-13+,34-18+,38-26+;/t33-,35-,36-,37-,39-,40+,41+,42+,44-,45+,46+,47-,49-,50+,56-;/m1./s1. The van der Waals surface area contributed by atoms with Gasteiger partial charge in [-0.05, 0) is 114 Å². The summed E-state index contributed by atoms with van der Waals surface area (Å²) in [5.41, 5.74) is -0.277. The molecule has 0 aromatic rings. The highest BCUT2D eigenvalue weighted by molar-refractivity contribution is 6.39. The quantitative estimate of drug-likeness (QED) is 0.106. The van der Waals surface area contributed by atoms with Crippen LogP contribution in [0.5, 0.6) is 0 Å². The second-order valence-electron chi connectivity index (χ2n) is 21.8. The molecule has 0 radical (unpaired) electrons. The first-order chi connectivity index (χ1) is 34.5. The first kappa shape index (κ1) is 64.3. The molecule has 420 valence electrons. The smallest absolute Gasteiger partial charge is 0.329 e. The Bertz CT molecular complexity index is 2010. The summed E-state index contributed by atoms with van der Waals surface area (Å²) in [7, 11) is 4.43. The van der Waals surface area contributed by atoms with E-state index in [9.17, 15) is 49.2 Å². The molecule has 2 bridgehead atoms. The molecule has 1 aliphatic carbocycles. The van der Waals surface area contributed by atoms with Crippen molar-refractivity contribution in [1.29, 1.82) is 0 Å². The topological polar surface area (TPSA) is 242 Å². The molecule has 4 N–H and O–H groups in total. The molecule has 3 fully saturated rings. The first-order valence-electron chi connectivity index (χ1n) is 26.4. The Morgan fingerprint density at radius 3 is 2.19 bits per heavy atom. The van der Waals surface area contributed by atoms with E-state index < -0.39 is 120 Å². The van der Waals surface area contributed by atoms with E-state index in [-0.39, 0.29) is 50.2 Å². The van der Waals surface area contributed by atoms with Gasteiger partial charge in [0.15, 0.2) is 5.78 Å². The van der Waals surface area contributed by atoms with Crippen molar-refractivity contribution < 1.29 is 77.6 Å². The van der Waals surface area contributed by atoms with Gasteiger partial charge in [-0.2, -0.15) is 0 Å². The largest absolute Gasteiger partial charge is 0.460 e. The molecule has 4 aliphatic rings. The van der Waals surface area contributed by atoms with Crippen LogP contribution in [0.4, 0.5) is 0 Å². The van der Waals surface area contributed by atoms with E-state index in [2.05, 4.69) is 0 Å². The molecule has 0 aromatic heterocycles. The number of carbonyl (C=O) groups excluding carboxylic acids is 6. The number of methoxy groups -OCH3 is 3. The summed E-state index contributed by atoms with van der Waals surface area (Å²) >= 11 is 0. The highest BCUT2D eigenvalue weighted by Gasteiger charge is 2.53. The monoisotopic (exact) mass is 1050 g/mol. The third kappa shape index (κ3) is 16.5. The number of ether oxygens (including phenoxy) is 6. The molecule has 2 saturated heterocycles. The minimum atomic E-state index is -2.47. The van der Waals surface area contributed by atoms with Crippen LogP contribution in [0.1, 0.15) is 140 Å². The number of fused-ring (bicyclic) bond motifs is 3. The van der Waals surface area contributed by atoms with Crippen LogP contribution >= 0.6 is 0 Å². The summed E-state index contributed by atoms with van der Waals surface area (Å²) in [6.07, 6.45) is 9.76. The second-order valence-corrected chi connectivity index (χ2v) is 21.8. The predicted octanol–water partition coefficient (Wildman–Crippen LogP) is 6.36. The van der Waals surface area contributed by atoms with Crippen LogP contribution in [-0.2, 0) is 57.2 Å². The van der Waals surface area contributed by atoms with Crippen molar-refractivity contribution in [2.24, 2.45) is 40.9 Å². The highest BCUT2D eigenvalue weighted by Crippen LogP contribution is 2.38. The number of rotatable bonds is 10. The number of hydrogen-bond donors (Lipinski definition) is 4. The number of amides is 1. The van der Waals surface area contributed by atoms with Gasteiger partial charge in [0.25, 0.3) is 11.7 Å². The molecule has 0 aromatic carbocycles. The Morgan fingerprint density at radius 2 is 1.55 bits per heavy atom. The Morgan fingerprint density at radius 1 is 0.865 bits per heavy atom. The Balaban J connectivity index is 0.0000144. The average Bonchev–Trinajstić information content (AvgIpc) is 3.37. The molecule has 0 unspecified atom stereocenters. The zero-order valence-electron chi connectivity index (χ0n) is 45.3. The van der Waals surface area contributed by atoms with Crippen molar-refractivity contribution in [1.82, 2.24) is 4.90 Å². The number of carbonyl (C=O) groups is 6. The van der Waals surface area contributed by atoms with Crippen LogP contribution < -0.4 is 0 Å². The number of Topliss-reactive ketones (excluding diaryl/α,β-unsaturated/α-hetero) is 3. The number of ketones is 3. The van der Waals surface area contributed by atoms with E-state index in [1.165, 1.54) is 21.1 Å². The molecule has 3 heterocycles. The van der Waals surface area contributed by atoms with Crippen molar-refractivity contribution in [2.45, 2.75) is 194 Å². The minimum Gasteiger partial charge on any atom is -0.460 e. The number of piperidine rings is 1. The molecule has 15 atom stereocenters. The van der Waals surface area contributed by atoms with Gasteiger partial charge in [0, 0.05) is 58.5 Å². The van der Waals surface area contributed by atoms with E-state index in [0.29, 0.717) is 69.8 Å². The van der Waals surface area contributed by atoms with Crippen molar-refractivity contribution in [2.75, 3.05) is 41.1 Å². The summed E-state index contributed by atoms with van der Waals surface area (Å²) in [6, 6.07) is -1.20. The van der Waals surface area contributed by atoms with Gasteiger partial charge in [-0.25, -0.2) is 4.79 Å². The molecule has 1 amide bonds. The molecule has 17 heteroatoms. The normalized spacial score (nSPS) is 36.9. The molecule has 17 nitrogen and oxygen atoms in total. The highest BCUT2D eigenvalue weighted by atomic mass is 16.6. The molecule has 0 spiro atoms. The van der Waals surface area contributed by atoms with Crippen molar-refractivity contribution in [3.63, 3.8) is 0 Å². The first-order valence-corrected chi connectivity index (χ1v) is 26.4. The summed E-state index contributed by atoms with van der Waals surface area (Å²) in [5, 5.41) is 43.1. The number of aliphatic hydroxyl groups excluding tert-OH is 3. The molecule has 4 rings (SSSR count). The zero-order chi connectivity index (χ0) is 54.4. The van der Waals surface area contributed by atoms with Crippen molar-refractivity contribution >= 4 is 35.2 Å². The van der Waals surface area contributed by atoms with Crippen molar-refractivity contribution in [3.05, 3.63) is 47.6 Å². The SMILES string of the molecule is C.CO[C@H]1C[C@@H]2CC[C@@H](C)[C@@](O)(O2)C(=O)C(=O)N2CCCC[C@H]2C(=O)O[C@H]([C@H](C)C[C@@H]2CC[C@@H](OC(=O)C(C)(CO)CO)[C@H](OC)C2)CC(=O)[C@H](C)/C=C(\C)[C@@H](O)[C@@H](OC)C(=O)[C@H](C)C[C@H](C)/C=C/C=C/C=C/1C. The van der Waals surface area contributed by atoms with E-state index in [1.807, 2.05) is 51.2 Å². The fourth-order valence-electron chi connectivity index (χ4n) is 10.7. The lowest BCUT2D eigenvalue weighted by Gasteiger charge is -2.42. The molecular weight excluding hydrogens is 955 g/mol. The maximum atomic E-state index is 14.5. The third-order valence-corrected chi connectivity index (χ3v) is 15.9. The van der Waals surface area contributed by atoms with Crippen LogP contribution in [0.15, 0.2) is 47.6 Å². The van der Waals surface area contributed by atoms with Gasteiger partial charge in [-0.15, -0.1) is 0 Å². The number of aliphatic hydroxyl groups is 4. The minimum absolute atomic E-state index is 0. The lowest BCUT2D eigenvalue weighted by atomic mass is 9.78. The maximum Gasteiger partial charge on any atom is 0.329 e. The van der Waals surface area contributed by atoms with Gasteiger partial charge in [-0.3, -0.25) is 24.0 Å². The van der Waals surface area contributed by atoms with Gasteiger partial charge in [0.2, 0.25) is 5.79 Å².